The number of para-hydroxylation sites is 1. The summed E-state index contributed by atoms with van der Waals surface area (Å²) in [5.41, 5.74) is 1.57. The highest BCUT2D eigenvalue weighted by Gasteiger charge is 2.38. The van der Waals surface area contributed by atoms with Gasteiger partial charge in [0.15, 0.2) is 5.82 Å². The van der Waals surface area contributed by atoms with Crippen LogP contribution in [0, 0.1) is 18.6 Å². The van der Waals surface area contributed by atoms with Crippen LogP contribution in [0.2, 0.25) is 0 Å². The van der Waals surface area contributed by atoms with Crippen molar-refractivity contribution in [2.45, 2.75) is 84.0 Å². The fourth-order valence-electron chi connectivity index (χ4n) is 6.58. The number of hydrogen-bond donors (Lipinski definition) is 3. The second kappa shape index (κ2) is 12.4. The van der Waals surface area contributed by atoms with E-state index in [1.165, 1.54) is 11.0 Å². The quantitative estimate of drug-likeness (QED) is 0.294. The van der Waals surface area contributed by atoms with Crippen molar-refractivity contribution >= 4 is 35.5 Å². The predicted molar refractivity (Wildman–Crippen MR) is 173 cm³/mol. The predicted octanol–water partition coefficient (Wildman–Crippen LogP) is 6.12. The van der Waals surface area contributed by atoms with Gasteiger partial charge >= 0.3 is 12.1 Å². The van der Waals surface area contributed by atoms with Crippen LogP contribution in [0.5, 0.6) is 0 Å². The summed E-state index contributed by atoms with van der Waals surface area (Å²) in [5.74, 6) is -1.80. The molecule has 0 bridgehead atoms. The Morgan fingerprint density at radius 2 is 1.72 bits per heavy atom. The normalized spacial score (nSPS) is 17.1. The highest BCUT2D eigenvalue weighted by Crippen LogP contribution is 2.40. The Bertz CT molecular complexity index is 1710. The number of halogens is 2. The topological polar surface area (TPSA) is 131 Å². The summed E-state index contributed by atoms with van der Waals surface area (Å²) >= 11 is 0. The molecular formula is C34H39F2N7O4. The monoisotopic (exact) mass is 647 g/mol. The number of carbonyl (C=O) groups excluding carboxylic acids is 2. The van der Waals surface area contributed by atoms with E-state index in [-0.39, 0.29) is 36.3 Å². The van der Waals surface area contributed by atoms with Crippen molar-refractivity contribution in [1.29, 1.82) is 0 Å². The minimum atomic E-state index is -0.992. The molecule has 0 unspecified atom stereocenters. The molecule has 0 spiro atoms. The number of rotatable bonds is 6. The molecule has 0 atom stereocenters. The van der Waals surface area contributed by atoms with Gasteiger partial charge in [0.05, 0.1) is 12.2 Å². The maximum Gasteiger partial charge on any atom is 0.407 e. The fraction of sp³-hybridized carbons (Fsp3) is 0.441. The number of carboxylic acid groups (broad SMARTS) is 1. The second-order valence-electron chi connectivity index (χ2n) is 13.4. The van der Waals surface area contributed by atoms with Crippen LogP contribution in [0.25, 0.3) is 11.3 Å². The Morgan fingerprint density at radius 1 is 1.04 bits per heavy atom. The van der Waals surface area contributed by atoms with Crippen LogP contribution < -0.4 is 20.4 Å². The van der Waals surface area contributed by atoms with E-state index in [1.807, 2.05) is 38.7 Å². The molecule has 1 saturated carbocycles. The van der Waals surface area contributed by atoms with E-state index in [2.05, 4.69) is 10.6 Å². The number of aromatic nitrogens is 2. The molecule has 3 heterocycles. The average molecular weight is 648 g/mol. The third-order valence-electron chi connectivity index (χ3n) is 9.20. The molecule has 4 amide bonds. The van der Waals surface area contributed by atoms with Gasteiger partial charge in [0.1, 0.15) is 17.3 Å². The Kier molecular flexibility index (Phi) is 8.49. The maximum atomic E-state index is 15.2. The van der Waals surface area contributed by atoms with Crippen molar-refractivity contribution in [3.05, 3.63) is 64.7 Å². The first kappa shape index (κ1) is 32.1. The van der Waals surface area contributed by atoms with Crippen LogP contribution in [0.1, 0.15) is 74.4 Å². The van der Waals surface area contributed by atoms with Gasteiger partial charge < -0.3 is 25.5 Å². The molecule has 3 aliphatic rings. The van der Waals surface area contributed by atoms with Gasteiger partial charge in [-0.3, -0.25) is 4.79 Å². The third-order valence-corrected chi connectivity index (χ3v) is 9.20. The molecule has 1 saturated heterocycles. The first-order valence-electron chi connectivity index (χ1n) is 16.0. The number of carbonyl (C=O) groups is 3. The van der Waals surface area contributed by atoms with E-state index in [0.717, 1.165) is 41.9 Å². The largest absolute Gasteiger partial charge is 0.465 e. The maximum absolute atomic E-state index is 15.2. The summed E-state index contributed by atoms with van der Waals surface area (Å²) in [6.45, 7) is 8.27. The highest BCUT2D eigenvalue weighted by atomic mass is 19.1. The molecular weight excluding hydrogens is 608 g/mol. The molecule has 248 valence electrons. The first-order chi connectivity index (χ1) is 22.3. The number of benzene rings is 2. The van der Waals surface area contributed by atoms with Gasteiger partial charge in [0.2, 0.25) is 5.95 Å². The molecule has 1 aromatic heterocycles. The zero-order valence-corrected chi connectivity index (χ0v) is 26.9. The molecule has 3 N–H and O–H groups in total. The van der Waals surface area contributed by atoms with E-state index in [9.17, 15) is 19.5 Å². The molecule has 2 fully saturated rings. The number of urea groups is 1. The number of amides is 4. The fourth-order valence-corrected chi connectivity index (χ4v) is 6.58. The molecule has 11 nitrogen and oxygen atoms in total. The van der Waals surface area contributed by atoms with Crippen molar-refractivity contribution in [1.82, 2.24) is 25.5 Å². The van der Waals surface area contributed by atoms with Crippen LogP contribution >= 0.6 is 0 Å². The Hall–Kier alpha value is -4.81. The van der Waals surface area contributed by atoms with Crippen LogP contribution in [-0.4, -0.2) is 68.7 Å². The molecule has 2 aromatic carbocycles. The van der Waals surface area contributed by atoms with Crippen molar-refractivity contribution in [3.63, 3.8) is 0 Å². The summed E-state index contributed by atoms with van der Waals surface area (Å²) in [6, 6.07) is 7.86. The lowest BCUT2D eigenvalue weighted by Crippen LogP contribution is -2.54. The van der Waals surface area contributed by atoms with E-state index in [0.29, 0.717) is 48.3 Å². The summed E-state index contributed by atoms with van der Waals surface area (Å²) in [4.78, 5) is 52.6. The average Bonchev–Trinajstić information content (AvgIpc) is 2.99. The Labute approximate surface area is 272 Å². The summed E-state index contributed by atoms with van der Waals surface area (Å²) in [7, 11) is 0. The van der Waals surface area contributed by atoms with Gasteiger partial charge in [-0.05, 0) is 89.6 Å². The van der Waals surface area contributed by atoms with Crippen LogP contribution in [0.3, 0.4) is 0 Å². The number of aryl methyl sites for hydroxylation is 1. The van der Waals surface area contributed by atoms with Crippen LogP contribution in [-0.2, 0) is 6.54 Å². The van der Waals surface area contributed by atoms with Crippen molar-refractivity contribution < 1.29 is 28.3 Å². The number of nitrogens with one attached hydrogen (secondary N) is 2. The zero-order valence-electron chi connectivity index (χ0n) is 26.9. The van der Waals surface area contributed by atoms with Gasteiger partial charge in [0, 0.05) is 47.4 Å². The number of anilines is 3. The lowest BCUT2D eigenvalue weighted by atomic mass is 9.92. The summed E-state index contributed by atoms with van der Waals surface area (Å²) < 4.78 is 30.4. The number of hydrogen-bond acceptors (Lipinski definition) is 6. The Balaban J connectivity index is 1.45. The Morgan fingerprint density at radius 3 is 2.32 bits per heavy atom. The van der Waals surface area contributed by atoms with E-state index in [1.54, 1.807) is 12.1 Å². The molecule has 3 aromatic rings. The smallest absolute Gasteiger partial charge is 0.407 e. The summed E-state index contributed by atoms with van der Waals surface area (Å²) in [5, 5.41) is 15.7. The number of fused-ring (bicyclic) bond motifs is 1. The summed E-state index contributed by atoms with van der Waals surface area (Å²) in [6.07, 6.45) is 2.96. The molecule has 2 aliphatic heterocycles. The standard InChI is InChI=1S/C34H39F2N7O4/c1-19-11-12-20(30(44)38-21-7-5-8-21)17-23(19)27-24-18-37-32(45)42(28-25(35)9-6-10-26(28)36)29(24)40-31(39-27)41-15-13-22(14-16-41)43(33(46)47)34(2,3)4/h6,9-12,17,21-22H,5,7-8,13-16,18H2,1-4H3,(H,37,45)(H,38,44)(H,46,47). The molecule has 6 rings (SSSR count). The third kappa shape index (κ3) is 6.18. The van der Waals surface area contributed by atoms with Gasteiger partial charge in [-0.2, -0.15) is 4.98 Å². The molecule has 1 aliphatic carbocycles. The number of nitrogens with zero attached hydrogens (tertiary/aromatic N) is 5. The van der Waals surface area contributed by atoms with Gasteiger partial charge in [-0.25, -0.2) is 28.3 Å². The minimum absolute atomic E-state index is 0.00445. The van der Waals surface area contributed by atoms with Crippen molar-refractivity contribution in [3.8, 4) is 11.3 Å². The van der Waals surface area contributed by atoms with Gasteiger partial charge in [-0.1, -0.05) is 12.1 Å². The molecule has 47 heavy (non-hydrogen) atoms. The van der Waals surface area contributed by atoms with E-state index < -0.39 is 35.0 Å². The van der Waals surface area contributed by atoms with Crippen molar-refractivity contribution in [2.75, 3.05) is 22.9 Å². The molecule has 0 radical (unpaired) electrons. The zero-order chi connectivity index (χ0) is 33.6. The second-order valence-corrected chi connectivity index (χ2v) is 13.4. The van der Waals surface area contributed by atoms with Gasteiger partial charge in [-0.15, -0.1) is 0 Å². The minimum Gasteiger partial charge on any atom is -0.465 e. The highest BCUT2D eigenvalue weighted by molar-refractivity contribution is 6.02. The van der Waals surface area contributed by atoms with E-state index in [4.69, 9.17) is 9.97 Å². The number of piperidine rings is 1. The van der Waals surface area contributed by atoms with E-state index >= 15 is 8.78 Å². The lowest BCUT2D eigenvalue weighted by Gasteiger charge is -2.43. The van der Waals surface area contributed by atoms with Crippen LogP contribution in [0.4, 0.5) is 35.8 Å². The van der Waals surface area contributed by atoms with Crippen molar-refractivity contribution in [2.24, 2.45) is 0 Å². The lowest BCUT2D eigenvalue weighted by molar-refractivity contribution is 0.0615. The van der Waals surface area contributed by atoms with Crippen LogP contribution in [0.15, 0.2) is 36.4 Å². The first-order valence-corrected chi connectivity index (χ1v) is 16.0. The molecule has 13 heteroatoms. The SMILES string of the molecule is Cc1ccc(C(=O)NC2CCC2)cc1-c1nc(N2CCC(N(C(=O)O)C(C)(C)C)CC2)nc2c1CNC(=O)N2c1c(F)cccc1F. The van der Waals surface area contributed by atoms with Gasteiger partial charge in [0.25, 0.3) is 5.91 Å².